The van der Waals surface area contributed by atoms with Gasteiger partial charge in [-0.1, -0.05) is 30.3 Å². The lowest BCUT2D eigenvalue weighted by atomic mass is 10.2. The number of hydrogen-bond acceptors (Lipinski definition) is 8. The number of pyridine rings is 1. The Balaban J connectivity index is 1.44. The van der Waals surface area contributed by atoms with Crippen molar-refractivity contribution in [3.05, 3.63) is 59.2 Å². The zero-order valence-corrected chi connectivity index (χ0v) is 19.9. The van der Waals surface area contributed by atoms with Gasteiger partial charge in [0.25, 0.3) is 0 Å². The van der Waals surface area contributed by atoms with E-state index in [1.54, 1.807) is 6.20 Å². The summed E-state index contributed by atoms with van der Waals surface area (Å²) in [5.41, 5.74) is 2.03. The van der Waals surface area contributed by atoms with Crippen LogP contribution in [-0.4, -0.2) is 64.7 Å². The molecule has 0 unspecified atom stereocenters. The summed E-state index contributed by atoms with van der Waals surface area (Å²) in [4.78, 5) is 26.7. The van der Waals surface area contributed by atoms with Crippen LogP contribution in [-0.2, 0) is 11.4 Å². The van der Waals surface area contributed by atoms with Crippen LogP contribution in [0.5, 0.6) is 5.75 Å². The first-order chi connectivity index (χ1) is 15.6. The number of hydrogen-bond donors (Lipinski definition) is 1. The normalized spacial score (nSPS) is 14.4. The van der Waals surface area contributed by atoms with E-state index in [1.807, 2.05) is 53.6 Å². The van der Waals surface area contributed by atoms with E-state index in [0.29, 0.717) is 23.9 Å². The first-order valence-electron chi connectivity index (χ1n) is 10.5. The SMILES string of the molecule is Cc1csc(Nc2ncc(SCC(=O)N3CCN(C)CC3)cc2OCc2ccccc2)n1. The maximum Gasteiger partial charge on any atom is 0.233 e. The van der Waals surface area contributed by atoms with E-state index in [9.17, 15) is 4.79 Å². The fraction of sp³-hybridized carbons (Fsp3) is 0.348. The molecule has 4 rings (SSSR count). The number of rotatable bonds is 8. The van der Waals surface area contributed by atoms with Gasteiger partial charge in [-0.2, -0.15) is 0 Å². The summed E-state index contributed by atoms with van der Waals surface area (Å²) in [7, 11) is 2.09. The number of ether oxygens (including phenoxy) is 1. The molecule has 9 heteroatoms. The Kier molecular flexibility index (Phi) is 7.62. The van der Waals surface area contributed by atoms with E-state index in [-0.39, 0.29) is 5.91 Å². The molecule has 0 bridgehead atoms. The monoisotopic (exact) mass is 469 g/mol. The van der Waals surface area contributed by atoms with Gasteiger partial charge in [0.05, 0.1) is 11.4 Å². The topological polar surface area (TPSA) is 70.6 Å². The van der Waals surface area contributed by atoms with Crippen LogP contribution < -0.4 is 10.1 Å². The minimum Gasteiger partial charge on any atom is -0.485 e. The fourth-order valence-electron chi connectivity index (χ4n) is 3.25. The Morgan fingerprint density at radius 2 is 2.00 bits per heavy atom. The molecule has 1 saturated heterocycles. The van der Waals surface area contributed by atoms with E-state index in [0.717, 1.165) is 47.5 Å². The Labute approximate surface area is 196 Å². The number of carbonyl (C=O) groups is 1. The third kappa shape index (κ3) is 6.21. The summed E-state index contributed by atoms with van der Waals surface area (Å²) < 4.78 is 6.12. The highest BCUT2D eigenvalue weighted by Gasteiger charge is 2.19. The molecule has 168 valence electrons. The molecule has 3 aromatic rings. The van der Waals surface area contributed by atoms with Crippen molar-refractivity contribution in [2.75, 3.05) is 44.3 Å². The van der Waals surface area contributed by atoms with Crippen molar-refractivity contribution >= 4 is 40.0 Å². The van der Waals surface area contributed by atoms with Crippen LogP contribution in [0.15, 0.2) is 52.9 Å². The summed E-state index contributed by atoms with van der Waals surface area (Å²) in [5.74, 6) is 1.81. The van der Waals surface area contributed by atoms with E-state index in [4.69, 9.17) is 4.74 Å². The Bertz CT molecular complexity index is 1040. The Morgan fingerprint density at radius 1 is 1.22 bits per heavy atom. The Hall–Kier alpha value is -2.62. The maximum atomic E-state index is 12.6. The molecule has 1 amide bonds. The van der Waals surface area contributed by atoms with Crippen LogP contribution in [0.25, 0.3) is 0 Å². The highest BCUT2D eigenvalue weighted by molar-refractivity contribution is 8.00. The van der Waals surface area contributed by atoms with Crippen molar-refractivity contribution < 1.29 is 9.53 Å². The average Bonchev–Trinajstić information content (AvgIpc) is 3.23. The van der Waals surface area contributed by atoms with Crippen molar-refractivity contribution in [1.82, 2.24) is 19.8 Å². The first-order valence-corrected chi connectivity index (χ1v) is 12.4. The number of nitrogens with one attached hydrogen (secondary N) is 1. The zero-order chi connectivity index (χ0) is 22.3. The standard InChI is InChI=1S/C23H27N5O2S2/c1-17-15-32-23(25-17)26-22-20(30-14-18-6-4-3-5-7-18)12-19(13-24-22)31-16-21(29)28-10-8-27(2)9-11-28/h3-7,12-13,15H,8-11,14,16H2,1-2H3,(H,24,25,26). The van der Waals surface area contributed by atoms with Crippen LogP contribution in [0.1, 0.15) is 11.3 Å². The third-order valence-electron chi connectivity index (χ3n) is 5.13. The van der Waals surface area contributed by atoms with Gasteiger partial charge in [0.15, 0.2) is 16.7 Å². The Morgan fingerprint density at radius 3 is 2.72 bits per heavy atom. The summed E-state index contributed by atoms with van der Waals surface area (Å²) in [6.45, 7) is 5.81. The van der Waals surface area contributed by atoms with Gasteiger partial charge in [-0.3, -0.25) is 4.79 Å². The number of piperazine rings is 1. The lowest BCUT2D eigenvalue weighted by Crippen LogP contribution is -2.47. The number of aromatic nitrogens is 2. The number of carbonyl (C=O) groups excluding carboxylic acids is 1. The van der Waals surface area contributed by atoms with Crippen molar-refractivity contribution in [1.29, 1.82) is 0 Å². The third-order valence-corrected chi connectivity index (χ3v) is 6.95. The smallest absolute Gasteiger partial charge is 0.233 e. The van der Waals surface area contributed by atoms with Crippen molar-refractivity contribution in [2.24, 2.45) is 0 Å². The van der Waals surface area contributed by atoms with Gasteiger partial charge in [-0.15, -0.1) is 23.1 Å². The lowest BCUT2D eigenvalue weighted by Gasteiger charge is -2.32. The van der Waals surface area contributed by atoms with Gasteiger partial charge in [-0.05, 0) is 25.6 Å². The van der Waals surface area contributed by atoms with Crippen LogP contribution >= 0.6 is 23.1 Å². The molecule has 1 aliphatic heterocycles. The molecule has 1 fully saturated rings. The minimum absolute atomic E-state index is 0.162. The number of thiazole rings is 1. The number of benzene rings is 1. The molecule has 32 heavy (non-hydrogen) atoms. The number of amides is 1. The van der Waals surface area contributed by atoms with Crippen LogP contribution in [0.3, 0.4) is 0 Å². The molecule has 0 atom stereocenters. The van der Waals surface area contributed by atoms with E-state index < -0.39 is 0 Å². The highest BCUT2D eigenvalue weighted by Crippen LogP contribution is 2.32. The predicted octanol–water partition coefficient (Wildman–Crippen LogP) is 4.04. The van der Waals surface area contributed by atoms with E-state index >= 15 is 0 Å². The van der Waals surface area contributed by atoms with Gasteiger partial charge < -0.3 is 19.9 Å². The van der Waals surface area contributed by atoms with Crippen LogP contribution in [0, 0.1) is 6.92 Å². The zero-order valence-electron chi connectivity index (χ0n) is 18.3. The van der Waals surface area contributed by atoms with Gasteiger partial charge in [0.2, 0.25) is 5.91 Å². The summed E-state index contributed by atoms with van der Waals surface area (Å²) in [6, 6.07) is 12.0. The molecule has 1 aliphatic rings. The van der Waals surface area contributed by atoms with Gasteiger partial charge >= 0.3 is 0 Å². The van der Waals surface area contributed by atoms with Gasteiger partial charge in [0.1, 0.15) is 6.61 Å². The molecule has 0 saturated carbocycles. The van der Waals surface area contributed by atoms with Crippen molar-refractivity contribution in [3.8, 4) is 5.75 Å². The number of aryl methyl sites for hydroxylation is 1. The summed E-state index contributed by atoms with van der Waals surface area (Å²) in [5, 5.41) is 6.02. The molecule has 2 aromatic heterocycles. The second kappa shape index (κ2) is 10.8. The summed E-state index contributed by atoms with van der Waals surface area (Å²) >= 11 is 3.02. The quantitative estimate of drug-likeness (QED) is 0.499. The number of likely N-dealkylation sites (N-methyl/N-ethyl adjacent to an activating group) is 1. The molecular weight excluding hydrogens is 442 g/mol. The second-order valence-electron chi connectivity index (χ2n) is 7.68. The van der Waals surface area contributed by atoms with Crippen molar-refractivity contribution in [3.63, 3.8) is 0 Å². The van der Waals surface area contributed by atoms with Gasteiger partial charge in [-0.25, -0.2) is 9.97 Å². The molecule has 1 aromatic carbocycles. The molecule has 1 N–H and O–H groups in total. The average molecular weight is 470 g/mol. The number of nitrogens with zero attached hydrogens (tertiary/aromatic N) is 4. The molecule has 0 spiro atoms. The molecule has 3 heterocycles. The van der Waals surface area contributed by atoms with E-state index in [2.05, 4.69) is 27.2 Å². The fourth-order valence-corrected chi connectivity index (χ4v) is 4.73. The number of thioether (sulfide) groups is 1. The maximum absolute atomic E-state index is 12.6. The molecule has 0 aliphatic carbocycles. The van der Waals surface area contributed by atoms with Crippen molar-refractivity contribution in [2.45, 2.75) is 18.4 Å². The van der Waals surface area contributed by atoms with Gasteiger partial charge in [0, 0.05) is 42.7 Å². The molecule has 0 radical (unpaired) electrons. The van der Waals surface area contributed by atoms with Crippen LogP contribution in [0.2, 0.25) is 0 Å². The second-order valence-corrected chi connectivity index (χ2v) is 9.59. The predicted molar refractivity (Wildman–Crippen MR) is 130 cm³/mol. The first kappa shape index (κ1) is 22.6. The van der Waals surface area contributed by atoms with E-state index in [1.165, 1.54) is 23.1 Å². The molecular formula is C23H27N5O2S2. The largest absolute Gasteiger partial charge is 0.485 e. The molecule has 7 nitrogen and oxygen atoms in total. The summed E-state index contributed by atoms with van der Waals surface area (Å²) in [6.07, 6.45) is 1.78. The highest BCUT2D eigenvalue weighted by atomic mass is 32.2. The van der Waals surface area contributed by atoms with Crippen LogP contribution in [0.4, 0.5) is 10.9 Å². The number of anilines is 2. The lowest BCUT2D eigenvalue weighted by molar-refractivity contribution is -0.129. The minimum atomic E-state index is 0.162.